The number of carbonyl (C=O) groups is 1. The van der Waals surface area contributed by atoms with Crippen LogP contribution in [-0.4, -0.2) is 10.4 Å². The number of Topliss-reactive ketones (excluding diaryl/α,β-unsaturated/α-hetero) is 1. The van der Waals surface area contributed by atoms with Crippen LogP contribution in [0.15, 0.2) is 24.4 Å². The average molecular weight is 222 g/mol. The average Bonchev–Trinajstić information content (AvgIpc) is 2.58. The molecule has 0 radical (unpaired) electrons. The summed E-state index contributed by atoms with van der Waals surface area (Å²) in [7, 11) is 0. The smallest absolute Gasteiger partial charge is 0.162 e. The predicted molar refractivity (Wildman–Crippen MR) is 62.6 cm³/mol. The molecule has 0 saturated heterocycles. The number of rotatable bonds is 2. The molecule has 1 heterocycles. The number of nitrogens with zero attached hydrogens (tertiary/aromatic N) is 1. The number of hydrogen-bond acceptors (Lipinski definition) is 1. The number of hydrogen-bond donors (Lipinski definition) is 0. The molecule has 0 spiro atoms. The highest BCUT2D eigenvalue weighted by molar-refractivity contribution is 6.36. The first kappa shape index (κ1) is 10.2. The molecule has 15 heavy (non-hydrogen) atoms. The van der Waals surface area contributed by atoms with Crippen molar-refractivity contribution in [3.8, 4) is 0 Å². The highest BCUT2D eigenvalue weighted by Gasteiger charge is 2.13. The highest BCUT2D eigenvalue weighted by atomic mass is 35.5. The van der Waals surface area contributed by atoms with Gasteiger partial charge in [-0.1, -0.05) is 17.7 Å². The molecular weight excluding hydrogens is 210 g/mol. The van der Waals surface area contributed by atoms with Crippen LogP contribution in [0.25, 0.3) is 10.9 Å². The third-order valence-electron chi connectivity index (χ3n) is 2.58. The number of halogens is 1. The van der Waals surface area contributed by atoms with E-state index in [2.05, 4.69) is 0 Å². The molecule has 0 N–H and O–H groups in total. The van der Waals surface area contributed by atoms with Gasteiger partial charge in [-0.3, -0.25) is 4.79 Å². The quantitative estimate of drug-likeness (QED) is 0.712. The standard InChI is InChI=1S/C12H12ClNO/c1-3-14-7-9(8(2)15)12-10(13)5-4-6-11(12)14/h4-7H,3H2,1-2H3. The van der Waals surface area contributed by atoms with Crippen LogP contribution in [0, 0.1) is 0 Å². The highest BCUT2D eigenvalue weighted by Crippen LogP contribution is 2.28. The minimum Gasteiger partial charge on any atom is -0.347 e. The molecule has 0 amide bonds. The van der Waals surface area contributed by atoms with Crippen LogP contribution in [0.1, 0.15) is 24.2 Å². The van der Waals surface area contributed by atoms with Gasteiger partial charge in [-0.15, -0.1) is 0 Å². The Bertz CT molecular complexity index is 528. The molecule has 78 valence electrons. The molecule has 0 bridgehead atoms. The van der Waals surface area contributed by atoms with E-state index in [9.17, 15) is 4.79 Å². The SMILES string of the molecule is CCn1cc(C(C)=O)c2c(Cl)cccc21. The first-order valence-electron chi connectivity index (χ1n) is 4.93. The summed E-state index contributed by atoms with van der Waals surface area (Å²) in [6.45, 7) is 4.45. The van der Waals surface area contributed by atoms with Crippen molar-refractivity contribution in [2.75, 3.05) is 0 Å². The second-order valence-electron chi connectivity index (χ2n) is 3.52. The van der Waals surface area contributed by atoms with Crippen molar-refractivity contribution in [1.82, 2.24) is 4.57 Å². The van der Waals surface area contributed by atoms with Gasteiger partial charge in [0, 0.05) is 23.7 Å². The lowest BCUT2D eigenvalue weighted by atomic mass is 10.1. The lowest BCUT2D eigenvalue weighted by Gasteiger charge is -1.99. The van der Waals surface area contributed by atoms with Crippen LogP contribution in [-0.2, 0) is 6.54 Å². The van der Waals surface area contributed by atoms with Crippen molar-refractivity contribution in [3.63, 3.8) is 0 Å². The van der Waals surface area contributed by atoms with Crippen LogP contribution in [0.5, 0.6) is 0 Å². The Balaban J connectivity index is 2.88. The Morgan fingerprint density at radius 1 is 1.47 bits per heavy atom. The fourth-order valence-electron chi connectivity index (χ4n) is 1.84. The van der Waals surface area contributed by atoms with Crippen LogP contribution in [0.4, 0.5) is 0 Å². The molecule has 1 aromatic carbocycles. The summed E-state index contributed by atoms with van der Waals surface area (Å²) in [5, 5.41) is 1.51. The lowest BCUT2D eigenvalue weighted by molar-refractivity contribution is 0.101. The number of aromatic nitrogens is 1. The second-order valence-corrected chi connectivity index (χ2v) is 3.93. The Morgan fingerprint density at radius 3 is 2.80 bits per heavy atom. The zero-order valence-electron chi connectivity index (χ0n) is 8.75. The van der Waals surface area contributed by atoms with Gasteiger partial charge >= 0.3 is 0 Å². The van der Waals surface area contributed by atoms with E-state index in [1.807, 2.05) is 35.9 Å². The monoisotopic (exact) mass is 221 g/mol. The van der Waals surface area contributed by atoms with Gasteiger partial charge in [-0.2, -0.15) is 0 Å². The molecule has 3 heteroatoms. The number of fused-ring (bicyclic) bond motifs is 1. The van der Waals surface area contributed by atoms with Crippen molar-refractivity contribution >= 4 is 28.3 Å². The maximum absolute atomic E-state index is 11.5. The molecule has 0 aliphatic rings. The van der Waals surface area contributed by atoms with Crippen LogP contribution in [0.2, 0.25) is 5.02 Å². The molecule has 0 atom stereocenters. The van der Waals surface area contributed by atoms with E-state index >= 15 is 0 Å². The van der Waals surface area contributed by atoms with Gasteiger partial charge in [0.1, 0.15) is 0 Å². The summed E-state index contributed by atoms with van der Waals surface area (Å²) >= 11 is 6.11. The predicted octanol–water partition coefficient (Wildman–Crippen LogP) is 3.52. The molecule has 2 nitrogen and oxygen atoms in total. The van der Waals surface area contributed by atoms with E-state index in [-0.39, 0.29) is 5.78 Å². The summed E-state index contributed by atoms with van der Waals surface area (Å²) in [6, 6.07) is 5.70. The molecule has 0 saturated carbocycles. The molecule has 0 aliphatic heterocycles. The van der Waals surface area contributed by atoms with E-state index in [0.29, 0.717) is 10.6 Å². The van der Waals surface area contributed by atoms with Gasteiger partial charge in [0.2, 0.25) is 0 Å². The first-order chi connectivity index (χ1) is 7.15. The first-order valence-corrected chi connectivity index (χ1v) is 5.31. The maximum Gasteiger partial charge on any atom is 0.162 e. The fraction of sp³-hybridized carbons (Fsp3) is 0.250. The van der Waals surface area contributed by atoms with Gasteiger partial charge in [0.05, 0.1) is 10.5 Å². The Hall–Kier alpha value is -1.28. The van der Waals surface area contributed by atoms with Crippen molar-refractivity contribution in [1.29, 1.82) is 0 Å². The molecule has 2 aromatic rings. The molecule has 2 rings (SSSR count). The molecule has 0 fully saturated rings. The molecule has 1 aromatic heterocycles. The van der Waals surface area contributed by atoms with Gasteiger partial charge in [0.15, 0.2) is 5.78 Å². The topological polar surface area (TPSA) is 22.0 Å². The number of ketones is 1. The minimum atomic E-state index is 0.0558. The summed E-state index contributed by atoms with van der Waals surface area (Å²) in [5.74, 6) is 0.0558. The van der Waals surface area contributed by atoms with Crippen LogP contribution < -0.4 is 0 Å². The largest absolute Gasteiger partial charge is 0.347 e. The zero-order chi connectivity index (χ0) is 11.0. The molecule has 0 aliphatic carbocycles. The van der Waals surface area contributed by atoms with Crippen LogP contribution in [0.3, 0.4) is 0 Å². The van der Waals surface area contributed by atoms with E-state index in [1.54, 1.807) is 6.92 Å². The zero-order valence-corrected chi connectivity index (χ0v) is 9.51. The second kappa shape index (κ2) is 3.70. The Morgan fingerprint density at radius 2 is 2.20 bits per heavy atom. The number of benzene rings is 1. The van der Waals surface area contributed by atoms with Crippen molar-refractivity contribution in [3.05, 3.63) is 35.0 Å². The molecular formula is C12H12ClNO. The van der Waals surface area contributed by atoms with Gasteiger partial charge in [0.25, 0.3) is 0 Å². The van der Waals surface area contributed by atoms with Gasteiger partial charge in [-0.05, 0) is 26.0 Å². The van der Waals surface area contributed by atoms with Crippen molar-refractivity contribution in [2.45, 2.75) is 20.4 Å². The normalized spacial score (nSPS) is 10.9. The van der Waals surface area contributed by atoms with E-state index < -0.39 is 0 Å². The minimum absolute atomic E-state index is 0.0558. The summed E-state index contributed by atoms with van der Waals surface area (Å²) in [4.78, 5) is 11.5. The molecule has 0 unspecified atom stereocenters. The lowest BCUT2D eigenvalue weighted by Crippen LogP contribution is -1.91. The number of aryl methyl sites for hydroxylation is 1. The third-order valence-corrected chi connectivity index (χ3v) is 2.89. The van der Waals surface area contributed by atoms with Gasteiger partial charge in [-0.25, -0.2) is 0 Å². The summed E-state index contributed by atoms with van der Waals surface area (Å²) in [6.07, 6.45) is 1.87. The van der Waals surface area contributed by atoms with Gasteiger partial charge < -0.3 is 4.57 Å². The Labute approximate surface area is 93.5 Å². The third kappa shape index (κ3) is 1.55. The number of carbonyl (C=O) groups excluding carboxylic acids is 1. The van der Waals surface area contributed by atoms with Crippen molar-refractivity contribution in [2.24, 2.45) is 0 Å². The summed E-state index contributed by atoms with van der Waals surface area (Å²) < 4.78 is 2.04. The Kier molecular flexibility index (Phi) is 2.53. The van der Waals surface area contributed by atoms with Crippen molar-refractivity contribution < 1.29 is 4.79 Å². The van der Waals surface area contributed by atoms with E-state index in [0.717, 1.165) is 17.4 Å². The summed E-state index contributed by atoms with van der Waals surface area (Å²) in [5.41, 5.74) is 1.73. The van der Waals surface area contributed by atoms with E-state index in [4.69, 9.17) is 11.6 Å². The fourth-order valence-corrected chi connectivity index (χ4v) is 2.11. The maximum atomic E-state index is 11.5. The van der Waals surface area contributed by atoms with E-state index in [1.165, 1.54) is 0 Å². The van der Waals surface area contributed by atoms with Crippen LogP contribution >= 0.6 is 11.6 Å².